The smallest absolute Gasteiger partial charge is 0.255 e. The van der Waals surface area contributed by atoms with Crippen LogP contribution in [0.25, 0.3) is 0 Å². The van der Waals surface area contributed by atoms with Crippen molar-refractivity contribution < 1.29 is 4.79 Å². The molecule has 19 heavy (non-hydrogen) atoms. The van der Waals surface area contributed by atoms with Crippen LogP contribution in [0, 0.1) is 13.8 Å². The van der Waals surface area contributed by atoms with Crippen molar-refractivity contribution in [2.24, 2.45) is 0 Å². The van der Waals surface area contributed by atoms with E-state index < -0.39 is 0 Å². The maximum absolute atomic E-state index is 12.1. The predicted octanol–water partition coefficient (Wildman–Crippen LogP) is 3.90. The van der Waals surface area contributed by atoms with Crippen molar-refractivity contribution in [2.45, 2.75) is 13.8 Å². The molecule has 0 bridgehead atoms. The fourth-order valence-corrected chi connectivity index (χ4v) is 2.20. The Labute approximate surface area is 121 Å². The Hall–Kier alpha value is -1.81. The van der Waals surface area contributed by atoms with Crippen molar-refractivity contribution in [1.29, 1.82) is 0 Å². The quantitative estimate of drug-likeness (QED) is 0.825. The van der Waals surface area contributed by atoms with E-state index in [0.29, 0.717) is 11.3 Å². The third kappa shape index (κ3) is 3.35. The number of hydrogen-bond donors (Lipinski definition) is 2. The fraction of sp³-hybridized carbons (Fsp3) is 0.133. The topological polar surface area (TPSA) is 55.1 Å². The van der Waals surface area contributed by atoms with Crippen molar-refractivity contribution in [3.8, 4) is 0 Å². The Bertz CT molecular complexity index is 618. The van der Waals surface area contributed by atoms with Gasteiger partial charge < -0.3 is 11.1 Å². The van der Waals surface area contributed by atoms with E-state index in [1.165, 1.54) is 0 Å². The van der Waals surface area contributed by atoms with Gasteiger partial charge in [-0.1, -0.05) is 22.0 Å². The second-order valence-electron chi connectivity index (χ2n) is 4.55. The number of carbonyl (C=O) groups excluding carboxylic acids is 1. The molecule has 2 aromatic rings. The average Bonchev–Trinajstić information content (AvgIpc) is 2.32. The minimum Gasteiger partial charge on any atom is -0.399 e. The van der Waals surface area contributed by atoms with Crippen molar-refractivity contribution in [3.05, 3.63) is 57.6 Å². The summed E-state index contributed by atoms with van der Waals surface area (Å²) in [6.45, 7) is 3.91. The first kappa shape index (κ1) is 13.6. The van der Waals surface area contributed by atoms with E-state index >= 15 is 0 Å². The van der Waals surface area contributed by atoms with Crippen LogP contribution < -0.4 is 11.1 Å². The van der Waals surface area contributed by atoms with Crippen molar-refractivity contribution in [3.63, 3.8) is 0 Å². The molecule has 98 valence electrons. The molecule has 1 amide bonds. The summed E-state index contributed by atoms with van der Waals surface area (Å²) < 4.78 is 0.967. The molecule has 0 heterocycles. The Morgan fingerprint density at radius 2 is 1.89 bits per heavy atom. The lowest BCUT2D eigenvalue weighted by molar-refractivity contribution is 0.102. The molecule has 0 radical (unpaired) electrons. The van der Waals surface area contributed by atoms with Gasteiger partial charge in [0.25, 0.3) is 5.91 Å². The third-order valence-corrected chi connectivity index (χ3v) is 3.65. The van der Waals surface area contributed by atoms with Crippen LogP contribution in [-0.2, 0) is 0 Å². The lowest BCUT2D eigenvalue weighted by Crippen LogP contribution is -2.12. The number of anilines is 2. The number of nitrogens with two attached hydrogens (primary N) is 1. The van der Waals surface area contributed by atoms with Gasteiger partial charge in [-0.2, -0.15) is 0 Å². The van der Waals surface area contributed by atoms with Gasteiger partial charge in [0.1, 0.15) is 0 Å². The molecule has 3 N–H and O–H groups in total. The molecule has 0 aliphatic carbocycles. The molecule has 0 aliphatic rings. The largest absolute Gasteiger partial charge is 0.399 e. The predicted molar refractivity (Wildman–Crippen MR) is 82.4 cm³/mol. The van der Waals surface area contributed by atoms with Gasteiger partial charge in [-0.25, -0.2) is 0 Å². The molecule has 0 unspecified atom stereocenters. The maximum Gasteiger partial charge on any atom is 0.255 e. The minimum absolute atomic E-state index is 0.161. The molecule has 0 saturated carbocycles. The Kier molecular flexibility index (Phi) is 3.90. The summed E-state index contributed by atoms with van der Waals surface area (Å²) in [5, 5.41) is 2.86. The highest BCUT2D eigenvalue weighted by atomic mass is 79.9. The summed E-state index contributed by atoms with van der Waals surface area (Å²) in [7, 11) is 0. The normalized spacial score (nSPS) is 10.3. The Morgan fingerprint density at radius 3 is 2.53 bits per heavy atom. The van der Waals surface area contributed by atoms with Gasteiger partial charge >= 0.3 is 0 Å². The number of rotatable bonds is 2. The van der Waals surface area contributed by atoms with Gasteiger partial charge in [0, 0.05) is 21.4 Å². The molecule has 0 spiro atoms. The summed E-state index contributed by atoms with van der Waals surface area (Å²) in [6.07, 6.45) is 0. The highest BCUT2D eigenvalue weighted by Gasteiger charge is 2.08. The molecular formula is C15H15BrN2O. The van der Waals surface area contributed by atoms with E-state index in [-0.39, 0.29) is 5.91 Å². The van der Waals surface area contributed by atoms with Crippen LogP contribution in [0.2, 0.25) is 0 Å². The number of nitrogen functional groups attached to an aromatic ring is 1. The van der Waals surface area contributed by atoms with E-state index in [2.05, 4.69) is 21.2 Å². The molecule has 0 aromatic heterocycles. The molecule has 2 aromatic carbocycles. The molecule has 0 fully saturated rings. The summed E-state index contributed by atoms with van der Waals surface area (Å²) >= 11 is 3.44. The number of amides is 1. The molecule has 0 saturated heterocycles. The lowest BCUT2D eigenvalue weighted by atomic mass is 10.1. The van der Waals surface area contributed by atoms with Gasteiger partial charge in [0.15, 0.2) is 0 Å². The zero-order valence-corrected chi connectivity index (χ0v) is 12.4. The Morgan fingerprint density at radius 1 is 1.16 bits per heavy atom. The molecule has 0 atom stereocenters. The van der Waals surface area contributed by atoms with E-state index in [1.54, 1.807) is 6.07 Å². The van der Waals surface area contributed by atoms with Gasteiger partial charge in [0.2, 0.25) is 0 Å². The Balaban J connectivity index is 2.22. The number of nitrogens with one attached hydrogen (secondary N) is 1. The SMILES string of the molecule is Cc1cc(N)cc(C(=O)Nc2ccc(C)c(Br)c2)c1. The van der Waals surface area contributed by atoms with Crippen LogP contribution >= 0.6 is 15.9 Å². The van der Waals surface area contributed by atoms with Gasteiger partial charge in [-0.05, 0) is 55.3 Å². The zero-order valence-electron chi connectivity index (χ0n) is 10.8. The lowest BCUT2D eigenvalue weighted by Gasteiger charge is -2.08. The van der Waals surface area contributed by atoms with Gasteiger partial charge in [0.05, 0.1) is 0 Å². The summed E-state index contributed by atoms with van der Waals surface area (Å²) in [4.78, 5) is 12.1. The minimum atomic E-state index is -0.161. The third-order valence-electron chi connectivity index (χ3n) is 2.79. The standard InChI is InChI=1S/C15H15BrN2O/c1-9-5-11(7-12(17)6-9)15(19)18-13-4-3-10(2)14(16)8-13/h3-8H,17H2,1-2H3,(H,18,19). The number of benzene rings is 2. The average molecular weight is 319 g/mol. The zero-order chi connectivity index (χ0) is 14.0. The first-order valence-electron chi connectivity index (χ1n) is 5.90. The van der Waals surface area contributed by atoms with Crippen LogP contribution in [-0.4, -0.2) is 5.91 Å². The number of halogens is 1. The maximum atomic E-state index is 12.1. The van der Waals surface area contributed by atoms with E-state index in [1.807, 2.05) is 44.2 Å². The van der Waals surface area contributed by atoms with Gasteiger partial charge in [-0.3, -0.25) is 4.79 Å². The number of aryl methyl sites for hydroxylation is 2. The molecule has 3 nitrogen and oxygen atoms in total. The van der Waals surface area contributed by atoms with Crippen LogP contribution in [0.5, 0.6) is 0 Å². The monoisotopic (exact) mass is 318 g/mol. The highest BCUT2D eigenvalue weighted by Crippen LogP contribution is 2.21. The molecule has 2 rings (SSSR count). The summed E-state index contributed by atoms with van der Waals surface area (Å²) in [5.74, 6) is -0.161. The first-order valence-corrected chi connectivity index (χ1v) is 6.69. The fourth-order valence-electron chi connectivity index (χ4n) is 1.82. The van der Waals surface area contributed by atoms with Crippen LogP contribution in [0.4, 0.5) is 11.4 Å². The van der Waals surface area contributed by atoms with Crippen LogP contribution in [0.3, 0.4) is 0 Å². The second kappa shape index (κ2) is 5.45. The van der Waals surface area contributed by atoms with E-state index in [4.69, 9.17) is 5.73 Å². The summed E-state index contributed by atoms with van der Waals surface area (Å²) in [5.41, 5.74) is 9.75. The van der Waals surface area contributed by atoms with Crippen molar-refractivity contribution in [1.82, 2.24) is 0 Å². The molecule has 4 heteroatoms. The molecule has 0 aliphatic heterocycles. The summed E-state index contributed by atoms with van der Waals surface area (Å²) in [6, 6.07) is 11.0. The first-order chi connectivity index (χ1) is 8.95. The van der Waals surface area contributed by atoms with Gasteiger partial charge in [-0.15, -0.1) is 0 Å². The molecular weight excluding hydrogens is 304 g/mol. The van der Waals surface area contributed by atoms with E-state index in [9.17, 15) is 4.79 Å². The van der Waals surface area contributed by atoms with Crippen molar-refractivity contribution >= 4 is 33.2 Å². The number of carbonyl (C=O) groups is 1. The van der Waals surface area contributed by atoms with E-state index in [0.717, 1.165) is 21.3 Å². The van der Waals surface area contributed by atoms with Crippen LogP contribution in [0.1, 0.15) is 21.5 Å². The number of hydrogen-bond acceptors (Lipinski definition) is 2. The second-order valence-corrected chi connectivity index (χ2v) is 5.40. The van der Waals surface area contributed by atoms with Crippen LogP contribution in [0.15, 0.2) is 40.9 Å². The van der Waals surface area contributed by atoms with Crippen molar-refractivity contribution in [2.75, 3.05) is 11.1 Å². The highest BCUT2D eigenvalue weighted by molar-refractivity contribution is 9.10.